The molecule has 0 radical (unpaired) electrons. The first kappa shape index (κ1) is 20.4. The first-order valence-corrected chi connectivity index (χ1v) is 11.0. The zero-order valence-corrected chi connectivity index (χ0v) is 18.2. The van der Waals surface area contributed by atoms with E-state index in [1.165, 1.54) is 0 Å². The number of hydrogen-bond donors (Lipinski definition) is 1. The third kappa shape index (κ3) is 4.83. The van der Waals surface area contributed by atoms with Crippen molar-refractivity contribution in [3.63, 3.8) is 0 Å². The highest BCUT2D eigenvalue weighted by Gasteiger charge is 2.11. The van der Waals surface area contributed by atoms with Crippen LogP contribution in [0.3, 0.4) is 0 Å². The van der Waals surface area contributed by atoms with Crippen LogP contribution in [0, 0.1) is 0 Å². The van der Waals surface area contributed by atoms with E-state index >= 15 is 0 Å². The average molecular weight is 440 g/mol. The quantitative estimate of drug-likeness (QED) is 0.419. The van der Waals surface area contributed by atoms with E-state index < -0.39 is 0 Å². The van der Waals surface area contributed by atoms with Gasteiger partial charge in [0.15, 0.2) is 4.96 Å². The fraction of sp³-hybridized carbons (Fsp3) is 0.217. The molecule has 0 spiro atoms. The number of benzene rings is 2. The monoisotopic (exact) mass is 439 g/mol. The number of methoxy groups -OCH3 is 1. The summed E-state index contributed by atoms with van der Waals surface area (Å²) >= 11 is 7.56. The molecule has 2 aromatic heterocycles. The van der Waals surface area contributed by atoms with Gasteiger partial charge in [0, 0.05) is 40.8 Å². The normalized spacial score (nSPS) is 11.0. The minimum Gasteiger partial charge on any atom is -0.497 e. The summed E-state index contributed by atoms with van der Waals surface area (Å²) in [7, 11) is 1.65. The van der Waals surface area contributed by atoms with Gasteiger partial charge in [-0.25, -0.2) is 4.98 Å². The molecule has 154 valence electrons. The highest BCUT2D eigenvalue weighted by atomic mass is 35.5. The molecule has 1 N–H and O–H groups in total. The number of aromatic nitrogens is 2. The van der Waals surface area contributed by atoms with Crippen molar-refractivity contribution in [2.24, 2.45) is 0 Å². The topological polar surface area (TPSA) is 55.6 Å². The van der Waals surface area contributed by atoms with E-state index in [-0.39, 0.29) is 5.91 Å². The number of hydrogen-bond acceptors (Lipinski definition) is 4. The molecule has 0 bridgehead atoms. The SMILES string of the molecule is COc1cccc(CCNC(=O)CCc2csc3nc(-c4ccc(Cl)cc4)cn23)c1. The number of halogens is 1. The van der Waals surface area contributed by atoms with Gasteiger partial charge in [0.1, 0.15) is 5.75 Å². The van der Waals surface area contributed by atoms with Gasteiger partial charge in [-0.2, -0.15) is 0 Å². The summed E-state index contributed by atoms with van der Waals surface area (Å²) in [4.78, 5) is 17.9. The van der Waals surface area contributed by atoms with Crippen molar-refractivity contribution in [2.45, 2.75) is 19.3 Å². The highest BCUT2D eigenvalue weighted by Crippen LogP contribution is 2.25. The number of ether oxygens (including phenoxy) is 1. The van der Waals surface area contributed by atoms with Crippen LogP contribution in [0.15, 0.2) is 60.1 Å². The maximum absolute atomic E-state index is 12.3. The second-order valence-electron chi connectivity index (χ2n) is 6.96. The van der Waals surface area contributed by atoms with Gasteiger partial charge in [-0.3, -0.25) is 9.20 Å². The molecule has 0 saturated heterocycles. The minimum atomic E-state index is 0.0512. The Morgan fingerprint density at radius 2 is 2.03 bits per heavy atom. The number of carbonyl (C=O) groups excluding carboxylic acids is 1. The van der Waals surface area contributed by atoms with Gasteiger partial charge in [0.05, 0.1) is 12.8 Å². The largest absolute Gasteiger partial charge is 0.497 e. The van der Waals surface area contributed by atoms with Crippen LogP contribution >= 0.6 is 22.9 Å². The van der Waals surface area contributed by atoms with Crippen LogP contribution in [-0.2, 0) is 17.6 Å². The maximum Gasteiger partial charge on any atom is 0.220 e. The third-order valence-electron chi connectivity index (χ3n) is 4.90. The van der Waals surface area contributed by atoms with Gasteiger partial charge in [-0.15, -0.1) is 11.3 Å². The first-order valence-electron chi connectivity index (χ1n) is 9.73. The number of carbonyl (C=O) groups is 1. The number of thiazole rings is 1. The highest BCUT2D eigenvalue weighted by molar-refractivity contribution is 7.15. The molecule has 5 nitrogen and oxygen atoms in total. The van der Waals surface area contributed by atoms with E-state index in [0.717, 1.165) is 39.6 Å². The molecular formula is C23H22ClN3O2S. The molecule has 1 amide bonds. The molecule has 0 aliphatic rings. The fourth-order valence-corrected chi connectivity index (χ4v) is 4.31. The summed E-state index contributed by atoms with van der Waals surface area (Å²) in [6.07, 6.45) is 3.91. The summed E-state index contributed by atoms with van der Waals surface area (Å²) in [5.74, 6) is 0.883. The Bertz CT molecular complexity index is 1150. The van der Waals surface area contributed by atoms with Crippen LogP contribution in [0.4, 0.5) is 0 Å². The lowest BCUT2D eigenvalue weighted by Crippen LogP contribution is -2.26. The van der Waals surface area contributed by atoms with Gasteiger partial charge < -0.3 is 10.1 Å². The van der Waals surface area contributed by atoms with Crippen LogP contribution < -0.4 is 10.1 Å². The Morgan fingerprint density at radius 3 is 2.83 bits per heavy atom. The molecule has 0 atom stereocenters. The Kier molecular flexibility index (Phi) is 6.35. The Morgan fingerprint density at radius 1 is 1.20 bits per heavy atom. The lowest BCUT2D eigenvalue weighted by Gasteiger charge is -2.07. The molecule has 4 rings (SSSR count). The molecule has 2 heterocycles. The second kappa shape index (κ2) is 9.32. The molecule has 30 heavy (non-hydrogen) atoms. The molecule has 0 fully saturated rings. The molecule has 7 heteroatoms. The summed E-state index contributed by atoms with van der Waals surface area (Å²) in [5.41, 5.74) is 4.16. The zero-order valence-electron chi connectivity index (χ0n) is 16.6. The molecule has 0 aliphatic carbocycles. The molecule has 4 aromatic rings. The molecule has 0 unspecified atom stereocenters. The number of imidazole rings is 1. The molecule has 0 aliphatic heterocycles. The van der Waals surface area contributed by atoms with Crippen molar-refractivity contribution in [1.82, 2.24) is 14.7 Å². The minimum absolute atomic E-state index is 0.0512. The van der Waals surface area contributed by atoms with Gasteiger partial charge in [0.25, 0.3) is 0 Å². The predicted octanol–water partition coefficient (Wildman–Crippen LogP) is 5.02. The van der Waals surface area contributed by atoms with Crippen molar-refractivity contribution in [2.75, 3.05) is 13.7 Å². The number of nitrogens with zero attached hydrogens (tertiary/aromatic N) is 2. The van der Waals surface area contributed by atoms with Gasteiger partial charge >= 0.3 is 0 Å². The Hall–Kier alpha value is -2.83. The van der Waals surface area contributed by atoms with E-state index in [4.69, 9.17) is 16.3 Å². The van der Waals surface area contributed by atoms with Crippen LogP contribution in [0.2, 0.25) is 5.02 Å². The first-order chi connectivity index (χ1) is 14.6. The Labute approximate surface area is 184 Å². The van der Waals surface area contributed by atoms with Crippen LogP contribution in [-0.4, -0.2) is 28.9 Å². The van der Waals surface area contributed by atoms with Crippen LogP contribution in [0.5, 0.6) is 5.75 Å². The van der Waals surface area contributed by atoms with E-state index in [1.807, 2.05) is 54.7 Å². The van der Waals surface area contributed by atoms with Crippen molar-refractivity contribution < 1.29 is 9.53 Å². The zero-order chi connectivity index (χ0) is 20.9. The Balaban J connectivity index is 1.32. The maximum atomic E-state index is 12.3. The summed E-state index contributed by atoms with van der Waals surface area (Å²) in [5, 5.41) is 5.78. The molecule has 2 aromatic carbocycles. The smallest absolute Gasteiger partial charge is 0.220 e. The van der Waals surface area contributed by atoms with E-state index in [0.29, 0.717) is 24.4 Å². The number of aryl methyl sites for hydroxylation is 1. The van der Waals surface area contributed by atoms with Gasteiger partial charge in [0.2, 0.25) is 5.91 Å². The van der Waals surface area contributed by atoms with Crippen LogP contribution in [0.1, 0.15) is 17.7 Å². The third-order valence-corrected chi connectivity index (χ3v) is 6.04. The van der Waals surface area contributed by atoms with E-state index in [2.05, 4.69) is 20.1 Å². The lowest BCUT2D eigenvalue weighted by molar-refractivity contribution is -0.121. The van der Waals surface area contributed by atoms with Crippen molar-refractivity contribution >= 4 is 33.8 Å². The van der Waals surface area contributed by atoms with E-state index in [9.17, 15) is 4.79 Å². The summed E-state index contributed by atoms with van der Waals surface area (Å²) < 4.78 is 7.30. The standard InChI is InChI=1S/C23H22ClN3O2S/c1-29-20-4-2-3-16(13-20)11-12-25-22(28)10-9-19-15-30-23-26-21(14-27(19)23)17-5-7-18(24)8-6-17/h2-8,13-15H,9-12H2,1H3,(H,25,28). The summed E-state index contributed by atoms with van der Waals surface area (Å²) in [6, 6.07) is 15.6. The summed E-state index contributed by atoms with van der Waals surface area (Å²) in [6.45, 7) is 0.608. The number of nitrogens with one attached hydrogen (secondary N) is 1. The van der Waals surface area contributed by atoms with Crippen molar-refractivity contribution in [3.8, 4) is 17.0 Å². The average Bonchev–Trinajstić information content (AvgIpc) is 3.34. The van der Waals surface area contributed by atoms with E-state index in [1.54, 1.807) is 18.4 Å². The van der Waals surface area contributed by atoms with Crippen LogP contribution in [0.25, 0.3) is 16.2 Å². The molecular weight excluding hydrogens is 418 g/mol. The van der Waals surface area contributed by atoms with Gasteiger partial charge in [-0.05, 0) is 42.7 Å². The fourth-order valence-electron chi connectivity index (χ4n) is 3.27. The second-order valence-corrected chi connectivity index (χ2v) is 8.24. The van der Waals surface area contributed by atoms with Crippen molar-refractivity contribution in [1.29, 1.82) is 0 Å². The lowest BCUT2D eigenvalue weighted by atomic mass is 10.1. The number of rotatable bonds is 8. The number of amides is 1. The van der Waals surface area contributed by atoms with Gasteiger partial charge in [-0.1, -0.05) is 35.9 Å². The number of fused-ring (bicyclic) bond motifs is 1. The predicted molar refractivity (Wildman–Crippen MR) is 122 cm³/mol. The van der Waals surface area contributed by atoms with Crippen molar-refractivity contribution in [3.05, 3.63) is 76.4 Å². The molecule has 0 saturated carbocycles.